The van der Waals surface area contributed by atoms with Gasteiger partial charge in [-0.15, -0.1) is 0 Å². The maximum atomic E-state index is 11.5. The summed E-state index contributed by atoms with van der Waals surface area (Å²) >= 11 is 0. The number of hydrogen-bond donors (Lipinski definition) is 3. The molecule has 0 fully saturated rings. The van der Waals surface area contributed by atoms with E-state index in [0.717, 1.165) is 33.9 Å². The number of amides is 1. The van der Waals surface area contributed by atoms with Crippen molar-refractivity contribution in [3.8, 4) is 22.8 Å². The van der Waals surface area contributed by atoms with Crippen LogP contribution in [0.15, 0.2) is 66.5 Å². The number of carbonyl (C=O) groups is 1. The monoisotopic (exact) mass is 331 g/mol. The summed E-state index contributed by atoms with van der Waals surface area (Å²) in [6.07, 6.45) is 3.72. The van der Waals surface area contributed by atoms with Crippen LogP contribution in [-0.4, -0.2) is 10.9 Å². The second-order valence-electron chi connectivity index (χ2n) is 5.79. The molecule has 4 N–H and O–H groups in total. The van der Waals surface area contributed by atoms with Crippen molar-refractivity contribution in [3.05, 3.63) is 77.6 Å². The van der Waals surface area contributed by atoms with Crippen molar-refractivity contribution in [3.63, 3.8) is 0 Å². The maximum Gasteiger partial charge on any atom is 0.264 e. The Bertz CT molecular complexity index is 958. The SMILES string of the molecule is NC(=O)C1=Cc2c(c[nH]c2-c2ccccc2Oc2ccccc2)CN1. The van der Waals surface area contributed by atoms with Crippen LogP contribution in [-0.2, 0) is 11.3 Å². The van der Waals surface area contributed by atoms with Crippen molar-refractivity contribution in [1.82, 2.24) is 10.3 Å². The Morgan fingerprint density at radius 1 is 1.04 bits per heavy atom. The highest BCUT2D eigenvalue weighted by atomic mass is 16.5. The molecule has 0 saturated carbocycles. The summed E-state index contributed by atoms with van der Waals surface area (Å²) in [4.78, 5) is 14.8. The fourth-order valence-corrected chi connectivity index (χ4v) is 2.93. The minimum Gasteiger partial charge on any atom is -0.457 e. The number of nitrogens with one attached hydrogen (secondary N) is 2. The fourth-order valence-electron chi connectivity index (χ4n) is 2.93. The number of H-pyrrole nitrogens is 1. The van der Waals surface area contributed by atoms with Gasteiger partial charge in [0.15, 0.2) is 0 Å². The first-order valence-corrected chi connectivity index (χ1v) is 8.00. The van der Waals surface area contributed by atoms with Gasteiger partial charge in [0.05, 0.1) is 5.69 Å². The van der Waals surface area contributed by atoms with Crippen LogP contribution in [0.4, 0.5) is 0 Å². The summed E-state index contributed by atoms with van der Waals surface area (Å²) < 4.78 is 6.05. The Labute approximate surface area is 145 Å². The minimum absolute atomic E-state index is 0.412. The first-order chi connectivity index (χ1) is 12.2. The van der Waals surface area contributed by atoms with Crippen molar-refractivity contribution in [2.45, 2.75) is 6.54 Å². The number of hydrogen-bond acceptors (Lipinski definition) is 3. The van der Waals surface area contributed by atoms with Gasteiger partial charge < -0.3 is 20.8 Å². The molecule has 1 aromatic heterocycles. The van der Waals surface area contributed by atoms with E-state index >= 15 is 0 Å². The number of nitrogens with two attached hydrogens (primary N) is 1. The molecule has 0 unspecified atom stereocenters. The topological polar surface area (TPSA) is 80.1 Å². The number of para-hydroxylation sites is 2. The van der Waals surface area contributed by atoms with Crippen LogP contribution in [0.3, 0.4) is 0 Å². The Hall–Kier alpha value is -3.47. The molecule has 1 aliphatic heterocycles. The Kier molecular flexibility index (Phi) is 3.74. The smallest absolute Gasteiger partial charge is 0.264 e. The first kappa shape index (κ1) is 15.1. The number of primary amides is 1. The van der Waals surface area contributed by atoms with E-state index in [0.29, 0.717) is 12.2 Å². The molecule has 2 aromatic carbocycles. The van der Waals surface area contributed by atoms with Crippen molar-refractivity contribution >= 4 is 12.0 Å². The molecule has 25 heavy (non-hydrogen) atoms. The van der Waals surface area contributed by atoms with Gasteiger partial charge in [-0.05, 0) is 35.9 Å². The summed E-state index contributed by atoms with van der Waals surface area (Å²) in [6.45, 7) is 0.558. The van der Waals surface area contributed by atoms with Crippen molar-refractivity contribution in [2.24, 2.45) is 5.73 Å². The Morgan fingerprint density at radius 2 is 1.80 bits per heavy atom. The number of benzene rings is 2. The molecule has 5 nitrogen and oxygen atoms in total. The second kappa shape index (κ2) is 6.20. The number of aromatic amines is 1. The van der Waals surface area contributed by atoms with E-state index < -0.39 is 5.91 Å². The molecule has 0 spiro atoms. The Balaban J connectivity index is 1.78. The van der Waals surface area contributed by atoms with Gasteiger partial charge in [-0.25, -0.2) is 0 Å². The van der Waals surface area contributed by atoms with E-state index in [1.54, 1.807) is 6.08 Å². The van der Waals surface area contributed by atoms with Crippen molar-refractivity contribution in [1.29, 1.82) is 0 Å². The van der Waals surface area contributed by atoms with Crippen LogP contribution in [0.25, 0.3) is 17.3 Å². The normalized spacial score (nSPS) is 12.7. The molecular weight excluding hydrogens is 314 g/mol. The second-order valence-corrected chi connectivity index (χ2v) is 5.79. The van der Waals surface area contributed by atoms with Crippen LogP contribution in [0.1, 0.15) is 11.1 Å². The third-order valence-corrected chi connectivity index (χ3v) is 4.16. The van der Waals surface area contributed by atoms with Crippen LogP contribution >= 0.6 is 0 Å². The zero-order valence-electron chi connectivity index (χ0n) is 13.5. The van der Waals surface area contributed by atoms with E-state index in [1.807, 2.05) is 60.8 Å². The van der Waals surface area contributed by atoms with E-state index in [1.165, 1.54) is 0 Å². The van der Waals surface area contributed by atoms with E-state index in [-0.39, 0.29) is 0 Å². The number of carbonyl (C=O) groups excluding carboxylic acids is 1. The molecule has 2 heterocycles. The summed E-state index contributed by atoms with van der Waals surface area (Å²) in [5.41, 5.74) is 9.68. The third-order valence-electron chi connectivity index (χ3n) is 4.16. The predicted molar refractivity (Wildman–Crippen MR) is 96.8 cm³/mol. The quantitative estimate of drug-likeness (QED) is 0.685. The van der Waals surface area contributed by atoms with Crippen molar-refractivity contribution < 1.29 is 9.53 Å². The molecule has 1 aliphatic rings. The molecule has 0 aliphatic carbocycles. The van der Waals surface area contributed by atoms with Crippen LogP contribution in [0, 0.1) is 0 Å². The number of fused-ring (bicyclic) bond motifs is 1. The predicted octanol–water partition coefficient (Wildman–Crippen LogP) is 3.40. The van der Waals surface area contributed by atoms with Crippen LogP contribution in [0.5, 0.6) is 11.5 Å². The minimum atomic E-state index is -0.466. The summed E-state index contributed by atoms with van der Waals surface area (Å²) in [5, 5.41) is 3.03. The van der Waals surface area contributed by atoms with Crippen LogP contribution < -0.4 is 15.8 Å². The number of aromatic nitrogens is 1. The van der Waals surface area contributed by atoms with Crippen LogP contribution in [0.2, 0.25) is 0 Å². The highest BCUT2D eigenvalue weighted by Crippen LogP contribution is 2.37. The van der Waals surface area contributed by atoms with Gasteiger partial charge in [-0.2, -0.15) is 0 Å². The van der Waals surface area contributed by atoms with Gasteiger partial charge >= 0.3 is 0 Å². The van der Waals surface area contributed by atoms with Gasteiger partial charge in [0.2, 0.25) is 0 Å². The maximum absolute atomic E-state index is 11.5. The van der Waals surface area contributed by atoms with Crippen molar-refractivity contribution in [2.75, 3.05) is 0 Å². The molecule has 5 heteroatoms. The lowest BCUT2D eigenvalue weighted by molar-refractivity contribution is -0.114. The van der Waals surface area contributed by atoms with Gasteiger partial charge in [-0.3, -0.25) is 4.79 Å². The summed E-state index contributed by atoms with van der Waals surface area (Å²) in [6, 6.07) is 17.4. The number of rotatable bonds is 4. The summed E-state index contributed by atoms with van der Waals surface area (Å²) in [5.74, 6) is 1.04. The molecule has 0 atom stereocenters. The first-order valence-electron chi connectivity index (χ1n) is 8.00. The lowest BCUT2D eigenvalue weighted by Gasteiger charge is -2.16. The average Bonchev–Trinajstić information content (AvgIpc) is 3.06. The Morgan fingerprint density at radius 3 is 2.60 bits per heavy atom. The lowest BCUT2D eigenvalue weighted by Crippen LogP contribution is -2.28. The standard InChI is InChI=1S/C20H17N3O2/c21-20(24)17-10-16-13(11-22-17)12-23-19(16)15-8-4-5-9-18(15)25-14-6-2-1-3-7-14/h1-10,12,22-23H,11H2,(H2,21,24). The van der Waals surface area contributed by atoms with E-state index in [2.05, 4.69) is 10.3 Å². The molecule has 4 rings (SSSR count). The largest absolute Gasteiger partial charge is 0.457 e. The average molecular weight is 331 g/mol. The zero-order chi connectivity index (χ0) is 17.2. The highest BCUT2D eigenvalue weighted by Gasteiger charge is 2.20. The lowest BCUT2D eigenvalue weighted by atomic mass is 10.0. The molecule has 0 radical (unpaired) electrons. The van der Waals surface area contributed by atoms with Gasteiger partial charge in [0.1, 0.15) is 17.2 Å². The molecule has 0 bridgehead atoms. The van der Waals surface area contributed by atoms with Gasteiger partial charge in [0, 0.05) is 23.9 Å². The zero-order valence-corrected chi connectivity index (χ0v) is 13.5. The van der Waals surface area contributed by atoms with E-state index in [4.69, 9.17) is 10.5 Å². The molecular formula is C20H17N3O2. The third kappa shape index (κ3) is 2.87. The molecule has 124 valence electrons. The molecule has 3 aromatic rings. The molecule has 0 saturated heterocycles. The van der Waals surface area contributed by atoms with Gasteiger partial charge in [-0.1, -0.05) is 30.3 Å². The molecule has 1 amide bonds. The highest BCUT2D eigenvalue weighted by molar-refractivity contribution is 5.98. The number of ether oxygens (including phenoxy) is 1. The fraction of sp³-hybridized carbons (Fsp3) is 0.0500. The van der Waals surface area contributed by atoms with Gasteiger partial charge in [0.25, 0.3) is 5.91 Å². The van der Waals surface area contributed by atoms with E-state index in [9.17, 15) is 4.79 Å². The summed E-state index contributed by atoms with van der Waals surface area (Å²) in [7, 11) is 0.